The quantitative estimate of drug-likeness (QED) is 0.158. The molecule has 240 valence electrons. The molecule has 1 aromatic heterocycles. The molecular formula is C36H40N4O6. The van der Waals surface area contributed by atoms with Crippen LogP contribution in [0.25, 0.3) is 16.6 Å². The molecule has 0 aliphatic carbocycles. The second kappa shape index (κ2) is 14.1. The number of nitrogens with zero attached hydrogens (tertiary/aromatic N) is 4. The molecule has 0 N–H and O–H groups in total. The summed E-state index contributed by atoms with van der Waals surface area (Å²) in [6.07, 6.45) is 8.74. The molecule has 1 saturated heterocycles. The number of amides is 1. The van der Waals surface area contributed by atoms with Crippen molar-refractivity contribution in [2.75, 3.05) is 34.0 Å². The summed E-state index contributed by atoms with van der Waals surface area (Å²) in [5.74, 6) is 3.17. The number of rotatable bonds is 13. The number of aromatic nitrogens is 2. The molecule has 1 atom stereocenters. The van der Waals surface area contributed by atoms with Gasteiger partial charge in [0, 0.05) is 18.8 Å². The van der Waals surface area contributed by atoms with Gasteiger partial charge >= 0.3 is 0 Å². The van der Waals surface area contributed by atoms with E-state index in [1.54, 1.807) is 30.9 Å². The van der Waals surface area contributed by atoms with Gasteiger partial charge in [0.05, 0.1) is 61.3 Å². The maximum Gasteiger partial charge on any atom is 0.266 e. The first-order chi connectivity index (χ1) is 22.5. The van der Waals surface area contributed by atoms with Gasteiger partial charge in [-0.15, -0.1) is 0 Å². The Balaban J connectivity index is 0.960. The highest BCUT2D eigenvalue weighted by Gasteiger charge is 2.32. The zero-order chi connectivity index (χ0) is 32.0. The lowest BCUT2D eigenvalue weighted by Gasteiger charge is -2.20. The number of unbranched alkanes of at least 4 members (excludes halogenated alkanes) is 4. The lowest BCUT2D eigenvalue weighted by atomic mass is 10.1. The van der Waals surface area contributed by atoms with Crippen LogP contribution in [0.2, 0.25) is 0 Å². The highest BCUT2D eigenvalue weighted by atomic mass is 16.5. The van der Waals surface area contributed by atoms with E-state index in [4.69, 9.17) is 18.9 Å². The van der Waals surface area contributed by atoms with E-state index in [2.05, 4.69) is 9.98 Å². The molecular weight excluding hydrogens is 584 g/mol. The van der Waals surface area contributed by atoms with Crippen LogP contribution >= 0.6 is 0 Å². The number of ether oxygens (including phenoxy) is 4. The molecule has 10 nitrogen and oxygen atoms in total. The van der Waals surface area contributed by atoms with Gasteiger partial charge in [0.15, 0.2) is 11.5 Å². The van der Waals surface area contributed by atoms with Crippen LogP contribution < -0.4 is 24.5 Å². The smallest absolute Gasteiger partial charge is 0.266 e. The topological polar surface area (TPSA) is 104 Å². The normalized spacial score (nSPS) is 15.4. The molecule has 0 spiro atoms. The van der Waals surface area contributed by atoms with Crippen molar-refractivity contribution in [3.8, 4) is 28.7 Å². The third kappa shape index (κ3) is 6.56. The Morgan fingerprint density at radius 3 is 2.33 bits per heavy atom. The van der Waals surface area contributed by atoms with Gasteiger partial charge in [-0.25, -0.2) is 4.98 Å². The third-order valence-electron chi connectivity index (χ3n) is 8.61. The Bertz CT molecular complexity index is 1800. The number of aryl methyl sites for hydroxylation is 1. The molecule has 0 radical (unpaired) electrons. The fourth-order valence-electron chi connectivity index (χ4n) is 6.13. The van der Waals surface area contributed by atoms with Gasteiger partial charge in [0.2, 0.25) is 0 Å². The van der Waals surface area contributed by atoms with Gasteiger partial charge in [-0.05, 0) is 81.1 Å². The molecule has 2 aliphatic heterocycles. The third-order valence-corrected chi connectivity index (χ3v) is 8.61. The van der Waals surface area contributed by atoms with Crippen molar-refractivity contribution in [2.45, 2.75) is 57.9 Å². The molecule has 10 heteroatoms. The number of hydrogen-bond acceptors (Lipinski definition) is 8. The SMILES string of the molecule is COc1ccc(-n2c(C)nc3ccc(OCCCCCCCOc4cc5c(cc4OC)C(=O)N4CCC[C@H]4C=N5)cc3c2=O)cc1. The average Bonchev–Trinajstić information content (AvgIpc) is 3.51. The van der Waals surface area contributed by atoms with Crippen LogP contribution in [0.5, 0.6) is 23.0 Å². The van der Waals surface area contributed by atoms with E-state index in [1.807, 2.05) is 60.5 Å². The summed E-state index contributed by atoms with van der Waals surface area (Å²) >= 11 is 0. The van der Waals surface area contributed by atoms with Crippen molar-refractivity contribution >= 4 is 28.7 Å². The number of aliphatic imine (C=N–C) groups is 1. The second-order valence-electron chi connectivity index (χ2n) is 11.6. The van der Waals surface area contributed by atoms with Gasteiger partial charge in [-0.1, -0.05) is 19.3 Å². The number of fused-ring (bicyclic) bond motifs is 3. The predicted octanol–water partition coefficient (Wildman–Crippen LogP) is 6.44. The average molecular weight is 625 g/mol. The number of methoxy groups -OCH3 is 2. The summed E-state index contributed by atoms with van der Waals surface area (Å²) in [6, 6.07) is 16.5. The zero-order valence-corrected chi connectivity index (χ0v) is 26.7. The zero-order valence-electron chi connectivity index (χ0n) is 26.7. The Morgan fingerprint density at radius 2 is 1.57 bits per heavy atom. The molecule has 1 fully saturated rings. The summed E-state index contributed by atoms with van der Waals surface area (Å²) < 4.78 is 24.5. The van der Waals surface area contributed by atoms with Crippen molar-refractivity contribution in [3.05, 3.63) is 76.3 Å². The number of benzene rings is 3. The van der Waals surface area contributed by atoms with Crippen LogP contribution in [0.15, 0.2) is 64.4 Å². The molecule has 1 amide bonds. The molecule has 0 unspecified atom stereocenters. The second-order valence-corrected chi connectivity index (χ2v) is 11.6. The summed E-state index contributed by atoms with van der Waals surface area (Å²) in [7, 11) is 3.20. The van der Waals surface area contributed by atoms with Crippen LogP contribution in [0, 0.1) is 6.92 Å². The maximum atomic E-state index is 13.4. The van der Waals surface area contributed by atoms with E-state index in [9.17, 15) is 9.59 Å². The first kappa shape index (κ1) is 31.1. The highest BCUT2D eigenvalue weighted by Crippen LogP contribution is 2.38. The van der Waals surface area contributed by atoms with Crippen molar-refractivity contribution in [1.82, 2.24) is 14.5 Å². The van der Waals surface area contributed by atoms with Crippen molar-refractivity contribution < 1.29 is 23.7 Å². The Labute approximate surface area is 268 Å². The minimum atomic E-state index is -0.134. The minimum Gasteiger partial charge on any atom is -0.497 e. The highest BCUT2D eigenvalue weighted by molar-refractivity contribution is 6.03. The van der Waals surface area contributed by atoms with Crippen LogP contribution in [-0.4, -0.2) is 66.6 Å². The molecule has 4 aromatic rings. The summed E-state index contributed by atoms with van der Waals surface area (Å²) in [5, 5.41) is 0.517. The summed E-state index contributed by atoms with van der Waals surface area (Å²) in [4.78, 5) is 37.6. The Morgan fingerprint density at radius 1 is 0.826 bits per heavy atom. The van der Waals surface area contributed by atoms with Crippen LogP contribution in [0.3, 0.4) is 0 Å². The number of carbonyl (C=O) groups is 1. The van der Waals surface area contributed by atoms with Crippen LogP contribution in [0.1, 0.15) is 61.1 Å². The van der Waals surface area contributed by atoms with E-state index in [1.165, 1.54) is 0 Å². The lowest BCUT2D eigenvalue weighted by Crippen LogP contribution is -2.35. The van der Waals surface area contributed by atoms with Gasteiger partial charge in [-0.2, -0.15) is 0 Å². The van der Waals surface area contributed by atoms with Crippen molar-refractivity contribution in [2.24, 2.45) is 4.99 Å². The summed E-state index contributed by atoms with van der Waals surface area (Å²) in [5.41, 5.74) is 2.44. The van der Waals surface area contributed by atoms with Crippen molar-refractivity contribution in [1.29, 1.82) is 0 Å². The monoisotopic (exact) mass is 624 g/mol. The molecule has 3 aromatic carbocycles. The molecule has 2 aliphatic rings. The molecule has 0 bridgehead atoms. The van der Waals surface area contributed by atoms with Crippen molar-refractivity contribution in [3.63, 3.8) is 0 Å². The maximum absolute atomic E-state index is 13.4. The summed E-state index contributed by atoms with van der Waals surface area (Å²) in [6.45, 7) is 3.71. The fourth-order valence-corrected chi connectivity index (χ4v) is 6.13. The molecule has 46 heavy (non-hydrogen) atoms. The first-order valence-corrected chi connectivity index (χ1v) is 16.0. The first-order valence-electron chi connectivity index (χ1n) is 16.0. The molecule has 6 rings (SSSR count). The Kier molecular flexibility index (Phi) is 9.51. The van der Waals surface area contributed by atoms with E-state index in [-0.39, 0.29) is 17.5 Å². The standard InChI is InChI=1S/C36H40N4O6/c1-24-38-31-16-15-28(20-29(31)36(42)40(24)25-11-13-27(43-2)14-12-25)45-18-7-5-4-6-8-19-46-34-22-32-30(21-33(34)44-3)35(41)39-17-9-10-26(39)23-37-32/h11-16,20-23,26H,4-10,17-19H2,1-3H3/t26-/m0/s1. The fraction of sp³-hybridized carbons (Fsp3) is 0.389. The van der Waals surface area contributed by atoms with E-state index >= 15 is 0 Å². The molecule has 0 saturated carbocycles. The Hall–Kier alpha value is -4.86. The predicted molar refractivity (Wildman–Crippen MR) is 178 cm³/mol. The van der Waals surface area contributed by atoms with Crippen LogP contribution in [0.4, 0.5) is 5.69 Å². The van der Waals surface area contributed by atoms with Gasteiger partial charge in [0.25, 0.3) is 11.5 Å². The lowest BCUT2D eigenvalue weighted by molar-refractivity contribution is 0.0774. The van der Waals surface area contributed by atoms with Crippen LogP contribution in [-0.2, 0) is 0 Å². The van der Waals surface area contributed by atoms with Gasteiger partial charge < -0.3 is 23.8 Å². The number of hydrogen-bond donors (Lipinski definition) is 0. The van der Waals surface area contributed by atoms with E-state index < -0.39 is 0 Å². The van der Waals surface area contributed by atoms with E-state index in [0.29, 0.717) is 58.4 Å². The van der Waals surface area contributed by atoms with Gasteiger partial charge in [-0.3, -0.25) is 19.1 Å². The largest absolute Gasteiger partial charge is 0.497 e. The van der Waals surface area contributed by atoms with E-state index in [0.717, 1.165) is 62.9 Å². The number of carbonyl (C=O) groups excluding carboxylic acids is 1. The van der Waals surface area contributed by atoms with Gasteiger partial charge in [0.1, 0.15) is 17.3 Å². The molecule has 3 heterocycles. The minimum absolute atomic E-state index is 0.00422.